The monoisotopic (exact) mass is 191 g/mol. The van der Waals surface area contributed by atoms with E-state index in [9.17, 15) is 4.79 Å². The van der Waals surface area contributed by atoms with Crippen LogP contribution in [0.3, 0.4) is 0 Å². The molecule has 1 aliphatic heterocycles. The lowest BCUT2D eigenvalue weighted by atomic mass is 10.3. The van der Waals surface area contributed by atoms with Gasteiger partial charge in [0, 0.05) is 0 Å². The van der Waals surface area contributed by atoms with Crippen LogP contribution in [0.2, 0.25) is 0 Å². The zero-order valence-corrected chi connectivity index (χ0v) is 8.43. The average Bonchev–Trinajstić information content (AvgIpc) is 1.85. The Morgan fingerprint density at radius 2 is 2.27 bits per heavy atom. The molecule has 0 saturated carbocycles. The summed E-state index contributed by atoms with van der Waals surface area (Å²) in [5.74, 6) is 0.886. The molecule has 0 radical (unpaired) electrons. The zero-order valence-electron chi connectivity index (χ0n) is 6.79. The Morgan fingerprint density at radius 3 is 2.64 bits per heavy atom. The summed E-state index contributed by atoms with van der Waals surface area (Å²) in [5.41, 5.74) is 5.22. The quantitative estimate of drug-likeness (QED) is 0.682. The summed E-state index contributed by atoms with van der Waals surface area (Å²) < 4.78 is 0.165. The highest BCUT2D eigenvalue weighted by Gasteiger charge is 2.31. The van der Waals surface area contributed by atoms with Crippen molar-refractivity contribution in [2.45, 2.75) is 29.6 Å². The summed E-state index contributed by atoms with van der Waals surface area (Å²) in [7, 11) is 0. The molecule has 64 valence electrons. The van der Waals surface area contributed by atoms with Crippen molar-refractivity contribution in [2.24, 2.45) is 5.73 Å². The molecular weight excluding hydrogens is 178 g/mol. The van der Waals surface area contributed by atoms with Crippen molar-refractivity contribution < 1.29 is 4.79 Å². The Labute approximate surface area is 75.7 Å². The molecule has 0 aliphatic carbocycles. The van der Waals surface area contributed by atoms with Crippen molar-refractivity contribution >= 4 is 29.4 Å². The molecule has 1 saturated heterocycles. The van der Waals surface area contributed by atoms with Gasteiger partial charge >= 0.3 is 0 Å². The Hall–Kier alpha value is 0.170. The molecule has 1 heterocycles. The molecule has 11 heavy (non-hydrogen) atoms. The molecule has 1 rings (SSSR count). The molecule has 1 amide bonds. The average molecular weight is 191 g/mol. The molecule has 0 aromatic heterocycles. The standard InChI is InChI=1S/C7H13NOS2/c1-7(2)10-4-3-5(11-7)6(8)9/h5H,3-4H2,1-2H3,(H2,8,9). The van der Waals surface area contributed by atoms with Crippen molar-refractivity contribution in [1.82, 2.24) is 0 Å². The third-order valence-electron chi connectivity index (χ3n) is 1.57. The van der Waals surface area contributed by atoms with E-state index in [4.69, 9.17) is 5.73 Å². The highest BCUT2D eigenvalue weighted by molar-refractivity contribution is 8.19. The van der Waals surface area contributed by atoms with Gasteiger partial charge in [-0.25, -0.2) is 0 Å². The Balaban J connectivity index is 2.53. The lowest BCUT2D eigenvalue weighted by Gasteiger charge is -2.32. The predicted molar refractivity (Wildman–Crippen MR) is 51.7 cm³/mol. The molecule has 0 aromatic rings. The Bertz CT molecular complexity index is 170. The fourth-order valence-corrected chi connectivity index (χ4v) is 3.95. The normalized spacial score (nSPS) is 29.8. The van der Waals surface area contributed by atoms with E-state index in [0.29, 0.717) is 0 Å². The Kier molecular flexibility index (Phi) is 2.75. The molecule has 4 heteroatoms. The molecule has 2 nitrogen and oxygen atoms in total. The van der Waals surface area contributed by atoms with Gasteiger partial charge in [-0.05, 0) is 26.0 Å². The second-order valence-electron chi connectivity index (χ2n) is 3.05. The first-order chi connectivity index (χ1) is 5.01. The van der Waals surface area contributed by atoms with Crippen molar-refractivity contribution in [3.05, 3.63) is 0 Å². The number of hydrogen-bond acceptors (Lipinski definition) is 3. The van der Waals surface area contributed by atoms with Crippen LogP contribution in [0.15, 0.2) is 0 Å². The molecule has 1 atom stereocenters. The topological polar surface area (TPSA) is 43.1 Å². The van der Waals surface area contributed by atoms with Crippen LogP contribution in [0.25, 0.3) is 0 Å². The Morgan fingerprint density at radius 1 is 1.64 bits per heavy atom. The summed E-state index contributed by atoms with van der Waals surface area (Å²) in [6.45, 7) is 4.27. The molecule has 0 bridgehead atoms. The van der Waals surface area contributed by atoms with Gasteiger partial charge in [-0.3, -0.25) is 4.79 Å². The molecule has 1 aliphatic rings. The van der Waals surface area contributed by atoms with Crippen molar-refractivity contribution in [1.29, 1.82) is 0 Å². The molecule has 1 fully saturated rings. The molecular formula is C7H13NOS2. The first-order valence-corrected chi connectivity index (χ1v) is 5.49. The van der Waals surface area contributed by atoms with Crippen molar-refractivity contribution in [3.63, 3.8) is 0 Å². The fraction of sp³-hybridized carbons (Fsp3) is 0.857. The summed E-state index contributed by atoms with van der Waals surface area (Å²) in [6, 6.07) is 0. The van der Waals surface area contributed by atoms with Gasteiger partial charge in [0.25, 0.3) is 0 Å². The van der Waals surface area contributed by atoms with Gasteiger partial charge in [-0.2, -0.15) is 0 Å². The van der Waals surface area contributed by atoms with Crippen LogP contribution >= 0.6 is 23.5 Å². The van der Waals surface area contributed by atoms with E-state index in [1.54, 1.807) is 11.8 Å². The first kappa shape index (κ1) is 9.26. The lowest BCUT2D eigenvalue weighted by Crippen LogP contribution is -2.33. The maximum Gasteiger partial charge on any atom is 0.230 e. The van der Waals surface area contributed by atoms with Crippen LogP contribution in [0.1, 0.15) is 20.3 Å². The minimum atomic E-state index is -0.164. The first-order valence-electron chi connectivity index (χ1n) is 3.62. The molecule has 2 N–H and O–H groups in total. The SMILES string of the molecule is CC1(C)SCCC(C(N)=O)S1. The number of amides is 1. The fourth-order valence-electron chi connectivity index (χ4n) is 1.05. The van der Waals surface area contributed by atoms with Gasteiger partial charge in [0.1, 0.15) is 0 Å². The number of carbonyl (C=O) groups excluding carboxylic acids is 1. The maximum absolute atomic E-state index is 10.8. The molecule has 1 unspecified atom stereocenters. The van der Waals surface area contributed by atoms with Gasteiger partial charge in [-0.15, -0.1) is 23.5 Å². The van der Waals surface area contributed by atoms with E-state index >= 15 is 0 Å². The van der Waals surface area contributed by atoms with E-state index < -0.39 is 0 Å². The number of primary amides is 1. The summed E-state index contributed by atoms with van der Waals surface area (Å²) in [4.78, 5) is 10.8. The van der Waals surface area contributed by atoms with E-state index in [1.165, 1.54) is 0 Å². The van der Waals surface area contributed by atoms with Gasteiger partial charge < -0.3 is 5.73 Å². The van der Waals surface area contributed by atoms with E-state index in [2.05, 4.69) is 13.8 Å². The van der Waals surface area contributed by atoms with Crippen LogP contribution in [-0.4, -0.2) is 21.0 Å². The summed E-state index contributed by atoms with van der Waals surface area (Å²) >= 11 is 3.58. The minimum Gasteiger partial charge on any atom is -0.369 e. The van der Waals surface area contributed by atoms with E-state index in [1.807, 2.05) is 11.8 Å². The maximum atomic E-state index is 10.8. The van der Waals surface area contributed by atoms with Crippen LogP contribution in [0, 0.1) is 0 Å². The predicted octanol–water partition coefficient (Wildman–Crippen LogP) is 1.45. The zero-order chi connectivity index (χ0) is 8.48. The smallest absolute Gasteiger partial charge is 0.230 e. The number of carbonyl (C=O) groups is 1. The second-order valence-corrected chi connectivity index (χ2v) is 6.85. The van der Waals surface area contributed by atoms with Gasteiger partial charge in [-0.1, -0.05) is 0 Å². The second kappa shape index (κ2) is 3.27. The number of rotatable bonds is 1. The van der Waals surface area contributed by atoms with Gasteiger partial charge in [0.05, 0.1) is 9.33 Å². The van der Waals surface area contributed by atoms with Crippen LogP contribution in [0.5, 0.6) is 0 Å². The summed E-state index contributed by atoms with van der Waals surface area (Å²) in [6.07, 6.45) is 0.925. The van der Waals surface area contributed by atoms with Gasteiger partial charge in [0.15, 0.2) is 0 Å². The van der Waals surface area contributed by atoms with Crippen LogP contribution < -0.4 is 5.73 Å². The van der Waals surface area contributed by atoms with Crippen molar-refractivity contribution in [3.8, 4) is 0 Å². The lowest BCUT2D eigenvalue weighted by molar-refractivity contribution is -0.117. The largest absolute Gasteiger partial charge is 0.369 e. The van der Waals surface area contributed by atoms with Crippen molar-refractivity contribution in [2.75, 3.05) is 5.75 Å². The van der Waals surface area contributed by atoms with Crippen LogP contribution in [0.4, 0.5) is 0 Å². The number of thioether (sulfide) groups is 2. The highest BCUT2D eigenvalue weighted by Crippen LogP contribution is 2.44. The van der Waals surface area contributed by atoms with Gasteiger partial charge in [0.2, 0.25) is 5.91 Å². The third kappa shape index (κ3) is 2.60. The molecule has 0 aromatic carbocycles. The third-order valence-corrected chi connectivity index (χ3v) is 4.67. The summed E-state index contributed by atoms with van der Waals surface area (Å²) in [5, 5.41) is 0.0336. The number of nitrogens with two attached hydrogens (primary N) is 1. The van der Waals surface area contributed by atoms with E-state index in [0.717, 1.165) is 12.2 Å². The highest BCUT2D eigenvalue weighted by atomic mass is 32.2. The van der Waals surface area contributed by atoms with Crippen LogP contribution in [-0.2, 0) is 4.79 Å². The number of hydrogen-bond donors (Lipinski definition) is 1. The van der Waals surface area contributed by atoms with E-state index in [-0.39, 0.29) is 15.2 Å². The molecule has 0 spiro atoms. The minimum absolute atomic E-state index is 0.0336.